The zero-order chi connectivity index (χ0) is 20.3. The minimum Gasteiger partial charge on any atom is -0.350 e. The SMILES string of the molecule is CC(C)N(NC(=O)c1cccc(F)c1)C(=O)C=Cc1cn(C)c2ccccc12. The van der Waals surface area contributed by atoms with Crippen LogP contribution in [0.3, 0.4) is 0 Å². The molecule has 1 N–H and O–H groups in total. The summed E-state index contributed by atoms with van der Waals surface area (Å²) in [5.74, 6) is -1.42. The molecule has 3 rings (SSSR count). The Hall–Kier alpha value is -3.41. The first-order valence-corrected chi connectivity index (χ1v) is 8.98. The second-order valence-electron chi connectivity index (χ2n) is 6.80. The number of fused-ring (bicyclic) bond motifs is 1. The van der Waals surface area contributed by atoms with Crippen molar-refractivity contribution < 1.29 is 14.0 Å². The third-order valence-corrected chi connectivity index (χ3v) is 4.40. The number of halogens is 1. The molecule has 5 nitrogen and oxygen atoms in total. The number of benzene rings is 2. The van der Waals surface area contributed by atoms with E-state index in [1.165, 1.54) is 29.3 Å². The summed E-state index contributed by atoms with van der Waals surface area (Å²) in [6, 6.07) is 13.0. The summed E-state index contributed by atoms with van der Waals surface area (Å²) < 4.78 is 15.3. The molecule has 2 amide bonds. The molecule has 0 spiro atoms. The quantitative estimate of drug-likeness (QED) is 0.552. The fraction of sp³-hybridized carbons (Fsp3) is 0.182. The first-order valence-electron chi connectivity index (χ1n) is 8.98. The van der Waals surface area contributed by atoms with Gasteiger partial charge in [0.2, 0.25) is 0 Å². The van der Waals surface area contributed by atoms with Crippen LogP contribution < -0.4 is 5.43 Å². The summed E-state index contributed by atoms with van der Waals surface area (Å²) in [5.41, 5.74) is 4.68. The Bertz CT molecular complexity index is 1050. The van der Waals surface area contributed by atoms with Crippen LogP contribution in [-0.4, -0.2) is 27.4 Å². The summed E-state index contributed by atoms with van der Waals surface area (Å²) >= 11 is 0. The van der Waals surface area contributed by atoms with Crippen molar-refractivity contribution in [3.05, 3.63) is 77.7 Å². The van der Waals surface area contributed by atoms with Gasteiger partial charge in [-0.2, -0.15) is 0 Å². The van der Waals surface area contributed by atoms with E-state index in [4.69, 9.17) is 0 Å². The van der Waals surface area contributed by atoms with E-state index in [1.54, 1.807) is 19.9 Å². The minimum atomic E-state index is -0.542. The van der Waals surface area contributed by atoms with Gasteiger partial charge in [0, 0.05) is 47.4 Å². The van der Waals surface area contributed by atoms with Crippen molar-refractivity contribution in [1.82, 2.24) is 15.0 Å². The molecule has 0 aliphatic carbocycles. The average molecular weight is 379 g/mol. The van der Waals surface area contributed by atoms with E-state index in [0.717, 1.165) is 22.5 Å². The van der Waals surface area contributed by atoms with Gasteiger partial charge in [-0.1, -0.05) is 24.3 Å². The number of aryl methyl sites for hydroxylation is 1. The average Bonchev–Trinajstić information content (AvgIpc) is 3.00. The number of amides is 2. The molecule has 0 saturated carbocycles. The van der Waals surface area contributed by atoms with Crippen LogP contribution in [0.4, 0.5) is 4.39 Å². The van der Waals surface area contributed by atoms with Gasteiger partial charge >= 0.3 is 0 Å². The predicted octanol–water partition coefficient (Wildman–Crippen LogP) is 3.91. The van der Waals surface area contributed by atoms with E-state index in [1.807, 2.05) is 42.1 Å². The lowest BCUT2D eigenvalue weighted by molar-refractivity contribution is -0.130. The van der Waals surface area contributed by atoms with Crippen LogP contribution in [0.2, 0.25) is 0 Å². The molecule has 28 heavy (non-hydrogen) atoms. The number of nitrogens with one attached hydrogen (secondary N) is 1. The van der Waals surface area contributed by atoms with Crippen LogP contribution in [0, 0.1) is 5.82 Å². The predicted molar refractivity (Wildman–Crippen MR) is 108 cm³/mol. The van der Waals surface area contributed by atoms with Crippen molar-refractivity contribution in [3.63, 3.8) is 0 Å². The standard InChI is InChI=1S/C22H22FN3O2/c1-15(2)26(24-22(28)16-7-6-8-18(23)13-16)21(27)12-11-17-14-25(3)20-10-5-4-9-19(17)20/h4-15H,1-3H3,(H,24,28). The molecule has 6 heteroatoms. The number of rotatable bonds is 4. The van der Waals surface area contributed by atoms with Gasteiger partial charge in [-0.15, -0.1) is 0 Å². The lowest BCUT2D eigenvalue weighted by Gasteiger charge is -2.25. The molecule has 0 aliphatic heterocycles. The number of hydrazine groups is 1. The van der Waals surface area contributed by atoms with E-state index >= 15 is 0 Å². The smallest absolute Gasteiger partial charge is 0.269 e. The fourth-order valence-electron chi connectivity index (χ4n) is 2.99. The Morgan fingerprint density at radius 3 is 2.61 bits per heavy atom. The molecule has 144 valence electrons. The Balaban J connectivity index is 1.79. The summed E-state index contributed by atoms with van der Waals surface area (Å²) in [5, 5.41) is 2.27. The van der Waals surface area contributed by atoms with Crippen LogP contribution in [0.25, 0.3) is 17.0 Å². The third-order valence-electron chi connectivity index (χ3n) is 4.40. The Kier molecular flexibility index (Phi) is 5.59. The molecular formula is C22H22FN3O2. The van der Waals surface area contributed by atoms with E-state index in [0.29, 0.717) is 0 Å². The molecule has 0 radical (unpaired) electrons. The summed E-state index contributed by atoms with van der Waals surface area (Å²) in [4.78, 5) is 25.0. The van der Waals surface area contributed by atoms with Crippen molar-refractivity contribution in [2.24, 2.45) is 7.05 Å². The first-order chi connectivity index (χ1) is 13.4. The molecule has 0 saturated heterocycles. The van der Waals surface area contributed by atoms with Gasteiger partial charge in [0.25, 0.3) is 11.8 Å². The van der Waals surface area contributed by atoms with Crippen molar-refractivity contribution >= 4 is 28.8 Å². The van der Waals surface area contributed by atoms with Gasteiger partial charge in [0.05, 0.1) is 0 Å². The number of carbonyl (C=O) groups is 2. The third kappa shape index (κ3) is 4.11. The van der Waals surface area contributed by atoms with Gasteiger partial charge < -0.3 is 4.57 Å². The van der Waals surface area contributed by atoms with Crippen molar-refractivity contribution in [3.8, 4) is 0 Å². The second kappa shape index (κ2) is 8.08. The maximum absolute atomic E-state index is 13.3. The molecule has 0 atom stereocenters. The molecule has 1 aromatic heterocycles. The number of aromatic nitrogens is 1. The molecule has 0 unspecified atom stereocenters. The fourth-order valence-corrected chi connectivity index (χ4v) is 2.99. The van der Waals surface area contributed by atoms with E-state index < -0.39 is 11.7 Å². The Morgan fingerprint density at radius 1 is 1.14 bits per heavy atom. The number of para-hydroxylation sites is 1. The Labute approximate surface area is 163 Å². The van der Waals surface area contributed by atoms with Crippen molar-refractivity contribution in [2.75, 3.05) is 0 Å². The Morgan fingerprint density at radius 2 is 1.89 bits per heavy atom. The van der Waals surface area contributed by atoms with Crippen LogP contribution in [0.1, 0.15) is 29.8 Å². The highest BCUT2D eigenvalue weighted by Crippen LogP contribution is 2.21. The maximum Gasteiger partial charge on any atom is 0.269 e. The van der Waals surface area contributed by atoms with Crippen molar-refractivity contribution in [1.29, 1.82) is 0 Å². The van der Waals surface area contributed by atoms with Crippen molar-refractivity contribution in [2.45, 2.75) is 19.9 Å². The summed E-state index contributed by atoms with van der Waals surface area (Å²) in [6.07, 6.45) is 5.10. The maximum atomic E-state index is 13.3. The van der Waals surface area contributed by atoms with Gasteiger partial charge in [0.15, 0.2) is 0 Å². The molecule has 1 heterocycles. The number of hydrogen-bond acceptors (Lipinski definition) is 2. The molecule has 2 aromatic carbocycles. The zero-order valence-electron chi connectivity index (χ0n) is 16.0. The molecule has 3 aromatic rings. The van der Waals surface area contributed by atoms with Gasteiger partial charge in [-0.3, -0.25) is 15.0 Å². The van der Waals surface area contributed by atoms with E-state index in [-0.39, 0.29) is 17.5 Å². The number of nitrogens with zero attached hydrogens (tertiary/aromatic N) is 2. The largest absolute Gasteiger partial charge is 0.350 e. The monoisotopic (exact) mass is 379 g/mol. The first kappa shape index (κ1) is 19.4. The molecule has 0 bridgehead atoms. The van der Waals surface area contributed by atoms with Gasteiger partial charge in [-0.25, -0.2) is 9.40 Å². The summed E-state index contributed by atoms with van der Waals surface area (Å²) in [7, 11) is 1.95. The molecular weight excluding hydrogens is 357 g/mol. The van der Waals surface area contributed by atoms with Crippen LogP contribution in [0.15, 0.2) is 60.8 Å². The highest BCUT2D eigenvalue weighted by Gasteiger charge is 2.18. The number of hydrogen-bond donors (Lipinski definition) is 1. The lowest BCUT2D eigenvalue weighted by atomic mass is 10.1. The highest BCUT2D eigenvalue weighted by molar-refractivity contribution is 5.99. The van der Waals surface area contributed by atoms with E-state index in [9.17, 15) is 14.0 Å². The van der Waals surface area contributed by atoms with Gasteiger partial charge in [-0.05, 0) is 44.2 Å². The topological polar surface area (TPSA) is 54.3 Å². The summed E-state index contributed by atoms with van der Waals surface area (Å²) in [6.45, 7) is 3.57. The zero-order valence-corrected chi connectivity index (χ0v) is 16.0. The van der Waals surface area contributed by atoms with Crippen LogP contribution in [-0.2, 0) is 11.8 Å². The number of carbonyl (C=O) groups excluding carboxylic acids is 2. The molecule has 0 fully saturated rings. The second-order valence-corrected chi connectivity index (χ2v) is 6.80. The normalized spacial score (nSPS) is 11.3. The van der Waals surface area contributed by atoms with Crippen LogP contribution in [0.5, 0.6) is 0 Å². The van der Waals surface area contributed by atoms with Gasteiger partial charge in [0.1, 0.15) is 5.82 Å². The van der Waals surface area contributed by atoms with Crippen LogP contribution >= 0.6 is 0 Å². The molecule has 0 aliphatic rings. The minimum absolute atomic E-state index is 0.150. The van der Waals surface area contributed by atoms with E-state index in [2.05, 4.69) is 5.43 Å². The highest BCUT2D eigenvalue weighted by atomic mass is 19.1. The lowest BCUT2D eigenvalue weighted by Crippen LogP contribution is -2.49.